The van der Waals surface area contributed by atoms with Gasteiger partial charge in [0, 0.05) is 24.0 Å². The summed E-state index contributed by atoms with van der Waals surface area (Å²) in [5, 5.41) is 5.62. The van der Waals surface area contributed by atoms with Gasteiger partial charge in [-0.25, -0.2) is 9.37 Å². The molecule has 0 aliphatic carbocycles. The van der Waals surface area contributed by atoms with Gasteiger partial charge in [0.05, 0.1) is 16.3 Å². The van der Waals surface area contributed by atoms with Crippen LogP contribution >= 0.6 is 11.3 Å². The summed E-state index contributed by atoms with van der Waals surface area (Å²) in [6, 6.07) is 2.86. The van der Waals surface area contributed by atoms with E-state index in [0.717, 1.165) is 10.7 Å². The van der Waals surface area contributed by atoms with Gasteiger partial charge in [-0.1, -0.05) is 0 Å². The van der Waals surface area contributed by atoms with E-state index >= 15 is 0 Å². The van der Waals surface area contributed by atoms with E-state index in [1.54, 1.807) is 18.3 Å². The number of carbonyl (C=O) groups is 1. The number of halogens is 1. The van der Waals surface area contributed by atoms with Crippen molar-refractivity contribution in [1.82, 2.24) is 10.3 Å². The van der Waals surface area contributed by atoms with Gasteiger partial charge in [-0.2, -0.15) is 0 Å². The number of carbonyl (C=O) groups excluding carboxylic acids is 1. The molecule has 0 unspecified atom stereocenters. The van der Waals surface area contributed by atoms with Crippen molar-refractivity contribution in [3.05, 3.63) is 45.2 Å². The lowest BCUT2D eigenvalue weighted by Gasteiger charge is -2.08. The molecule has 0 bridgehead atoms. The summed E-state index contributed by atoms with van der Waals surface area (Å²) in [5.41, 5.74) is 7.29. The topological polar surface area (TPSA) is 68.0 Å². The van der Waals surface area contributed by atoms with Crippen LogP contribution in [0.5, 0.6) is 0 Å². The normalized spacial score (nSPS) is 10.6. The second-order valence-corrected chi connectivity index (χ2v) is 5.63. The average Bonchev–Trinajstić information content (AvgIpc) is 2.79. The van der Waals surface area contributed by atoms with Gasteiger partial charge in [0.25, 0.3) is 5.91 Å². The molecule has 0 radical (unpaired) electrons. The lowest BCUT2D eigenvalue weighted by Crippen LogP contribution is -2.27. The maximum absolute atomic E-state index is 13.9. The van der Waals surface area contributed by atoms with Crippen LogP contribution in [0.15, 0.2) is 17.5 Å². The molecule has 4 nitrogen and oxygen atoms in total. The van der Waals surface area contributed by atoms with E-state index in [0.29, 0.717) is 24.2 Å². The smallest absolute Gasteiger partial charge is 0.254 e. The van der Waals surface area contributed by atoms with Crippen LogP contribution in [0.3, 0.4) is 0 Å². The molecule has 6 heteroatoms. The van der Waals surface area contributed by atoms with E-state index in [2.05, 4.69) is 10.3 Å². The Balaban J connectivity index is 1.98. The van der Waals surface area contributed by atoms with Gasteiger partial charge in [-0.3, -0.25) is 4.79 Å². The highest BCUT2D eigenvalue weighted by Gasteiger charge is 2.14. The third-order valence-corrected chi connectivity index (χ3v) is 3.68. The predicted molar refractivity (Wildman–Crippen MR) is 78.4 cm³/mol. The largest absolute Gasteiger partial charge is 0.399 e. The molecule has 0 aliphatic rings. The van der Waals surface area contributed by atoms with Crippen molar-refractivity contribution in [3.8, 4) is 0 Å². The van der Waals surface area contributed by atoms with Crippen molar-refractivity contribution < 1.29 is 9.18 Å². The molecule has 0 atom stereocenters. The Labute approximate surface area is 120 Å². The number of hydrogen-bond acceptors (Lipinski definition) is 4. The zero-order valence-corrected chi connectivity index (χ0v) is 12.2. The molecule has 2 rings (SSSR count). The Bertz CT molecular complexity index is 639. The highest BCUT2D eigenvalue weighted by molar-refractivity contribution is 7.09. The molecule has 3 N–H and O–H groups in total. The van der Waals surface area contributed by atoms with Crippen molar-refractivity contribution in [2.45, 2.75) is 20.3 Å². The number of rotatable bonds is 4. The van der Waals surface area contributed by atoms with E-state index in [-0.39, 0.29) is 5.56 Å². The molecule has 1 amide bonds. The molecule has 0 aliphatic heterocycles. The van der Waals surface area contributed by atoms with Crippen molar-refractivity contribution in [2.24, 2.45) is 0 Å². The Kier molecular flexibility index (Phi) is 4.34. The number of nitrogens with two attached hydrogens (primary N) is 1. The van der Waals surface area contributed by atoms with E-state index in [9.17, 15) is 9.18 Å². The van der Waals surface area contributed by atoms with Crippen LogP contribution in [0.4, 0.5) is 10.1 Å². The van der Waals surface area contributed by atoms with Crippen molar-refractivity contribution in [2.75, 3.05) is 12.3 Å². The van der Waals surface area contributed by atoms with Crippen LogP contribution in [0.25, 0.3) is 0 Å². The van der Waals surface area contributed by atoms with Gasteiger partial charge in [-0.05, 0) is 31.5 Å². The summed E-state index contributed by atoms with van der Waals surface area (Å²) in [7, 11) is 0. The van der Waals surface area contributed by atoms with Gasteiger partial charge in [0.2, 0.25) is 0 Å². The first-order valence-corrected chi connectivity index (χ1v) is 7.10. The second kappa shape index (κ2) is 6.00. The van der Waals surface area contributed by atoms with E-state index in [4.69, 9.17) is 5.73 Å². The lowest BCUT2D eigenvalue weighted by atomic mass is 10.1. The Morgan fingerprint density at radius 1 is 1.45 bits per heavy atom. The number of nitrogen functional groups attached to an aromatic ring is 1. The van der Waals surface area contributed by atoms with Gasteiger partial charge < -0.3 is 11.1 Å². The Hall–Kier alpha value is -1.95. The van der Waals surface area contributed by atoms with Crippen molar-refractivity contribution in [3.63, 3.8) is 0 Å². The number of nitrogens with zero attached hydrogens (tertiary/aromatic N) is 1. The maximum Gasteiger partial charge on any atom is 0.254 e. The third-order valence-electron chi connectivity index (χ3n) is 2.85. The van der Waals surface area contributed by atoms with E-state index in [1.807, 2.05) is 12.3 Å². The van der Waals surface area contributed by atoms with Crippen LogP contribution < -0.4 is 11.1 Å². The molecule has 2 aromatic rings. The zero-order valence-electron chi connectivity index (χ0n) is 11.4. The van der Waals surface area contributed by atoms with Gasteiger partial charge in [0.1, 0.15) is 5.82 Å². The quantitative estimate of drug-likeness (QED) is 0.851. The highest BCUT2D eigenvalue weighted by Crippen LogP contribution is 2.17. The Morgan fingerprint density at radius 2 is 2.20 bits per heavy atom. The maximum atomic E-state index is 13.9. The number of aryl methyl sites for hydroxylation is 2. The van der Waals surface area contributed by atoms with Crippen molar-refractivity contribution >= 4 is 22.9 Å². The number of thiazole rings is 1. The minimum atomic E-state index is -0.527. The summed E-state index contributed by atoms with van der Waals surface area (Å²) in [5.74, 6) is -0.981. The number of amides is 1. The zero-order chi connectivity index (χ0) is 14.7. The standard InChI is InChI=1S/C14H16FN3OS/c1-8-5-10(16)6-12(13(8)15)14(19)17-4-3-11-7-20-9(2)18-11/h5-7H,3-4,16H2,1-2H3,(H,17,19). The van der Waals surface area contributed by atoms with Crippen LogP contribution in [-0.2, 0) is 6.42 Å². The first-order chi connectivity index (χ1) is 9.47. The van der Waals surface area contributed by atoms with Crippen LogP contribution in [-0.4, -0.2) is 17.4 Å². The van der Waals surface area contributed by atoms with Gasteiger partial charge in [-0.15, -0.1) is 11.3 Å². The molecule has 0 spiro atoms. The molecule has 106 valence electrons. The Morgan fingerprint density at radius 3 is 2.85 bits per heavy atom. The number of benzene rings is 1. The molecular weight excluding hydrogens is 277 g/mol. The number of hydrogen-bond donors (Lipinski definition) is 2. The fraction of sp³-hybridized carbons (Fsp3) is 0.286. The third kappa shape index (κ3) is 3.33. The molecule has 20 heavy (non-hydrogen) atoms. The van der Waals surface area contributed by atoms with Gasteiger partial charge in [0.15, 0.2) is 0 Å². The minimum Gasteiger partial charge on any atom is -0.399 e. The summed E-state index contributed by atoms with van der Waals surface area (Å²) in [6.07, 6.45) is 0.624. The summed E-state index contributed by atoms with van der Waals surface area (Å²) in [4.78, 5) is 16.2. The highest BCUT2D eigenvalue weighted by atomic mass is 32.1. The van der Waals surface area contributed by atoms with Crippen LogP contribution in [0, 0.1) is 19.7 Å². The molecule has 1 aromatic heterocycles. The summed E-state index contributed by atoms with van der Waals surface area (Å²) >= 11 is 1.57. The number of nitrogens with one attached hydrogen (secondary N) is 1. The summed E-state index contributed by atoms with van der Waals surface area (Å²) < 4.78 is 13.9. The molecule has 1 heterocycles. The van der Waals surface area contributed by atoms with Gasteiger partial charge >= 0.3 is 0 Å². The monoisotopic (exact) mass is 293 g/mol. The predicted octanol–water partition coefficient (Wildman–Crippen LogP) is 2.45. The molecule has 0 fully saturated rings. The lowest BCUT2D eigenvalue weighted by molar-refractivity contribution is 0.0950. The average molecular weight is 293 g/mol. The molecule has 1 aromatic carbocycles. The first kappa shape index (κ1) is 14.5. The van der Waals surface area contributed by atoms with Crippen molar-refractivity contribution in [1.29, 1.82) is 0 Å². The van der Waals surface area contributed by atoms with E-state index < -0.39 is 11.7 Å². The minimum absolute atomic E-state index is 0.0167. The fourth-order valence-corrected chi connectivity index (χ4v) is 2.53. The summed E-state index contributed by atoms with van der Waals surface area (Å²) in [6.45, 7) is 3.92. The SMILES string of the molecule is Cc1nc(CCNC(=O)c2cc(N)cc(C)c2F)cs1. The van der Waals surface area contributed by atoms with Crippen LogP contribution in [0.2, 0.25) is 0 Å². The second-order valence-electron chi connectivity index (χ2n) is 4.56. The first-order valence-electron chi connectivity index (χ1n) is 6.22. The molecule has 0 saturated carbocycles. The molecule has 0 saturated heterocycles. The van der Waals surface area contributed by atoms with E-state index in [1.165, 1.54) is 12.1 Å². The fourth-order valence-electron chi connectivity index (χ4n) is 1.89. The van der Waals surface area contributed by atoms with Crippen LogP contribution in [0.1, 0.15) is 26.6 Å². The number of aromatic nitrogens is 1. The number of anilines is 1. The molecular formula is C14H16FN3OS.